The predicted octanol–water partition coefficient (Wildman–Crippen LogP) is 0.550. The second-order valence-electron chi connectivity index (χ2n) is 10.8. The van der Waals surface area contributed by atoms with Crippen LogP contribution in [0.2, 0.25) is 0 Å². The van der Waals surface area contributed by atoms with Crippen molar-refractivity contribution >= 4 is 40.7 Å². The monoisotopic (exact) mass is 613 g/mol. The van der Waals surface area contributed by atoms with Gasteiger partial charge in [0, 0.05) is 38.8 Å². The zero-order valence-electron chi connectivity index (χ0n) is 23.9. The molecule has 234 valence electrons. The van der Waals surface area contributed by atoms with Crippen LogP contribution in [0.5, 0.6) is 0 Å². The Hall–Kier alpha value is -4.67. The molecule has 6 rings (SSSR count). The topological polar surface area (TPSA) is 156 Å². The minimum Gasteiger partial charge on any atom is -0.378 e. The van der Waals surface area contributed by atoms with Crippen molar-refractivity contribution in [3.05, 3.63) is 31.4 Å². The van der Waals surface area contributed by atoms with E-state index in [1.165, 1.54) is 29.4 Å². The molecular formula is C27H33F2N11O4. The van der Waals surface area contributed by atoms with Gasteiger partial charge >= 0.3 is 6.55 Å². The number of rotatable bonds is 9. The summed E-state index contributed by atoms with van der Waals surface area (Å²) >= 11 is 0. The number of morpholine rings is 1. The lowest BCUT2D eigenvalue weighted by atomic mass is 10.0. The zero-order chi connectivity index (χ0) is 30.8. The molecule has 2 N–H and O–H groups in total. The quantitative estimate of drug-likeness (QED) is 0.327. The summed E-state index contributed by atoms with van der Waals surface area (Å²) in [7, 11) is 0. The second kappa shape index (κ2) is 12.5. The first-order valence-corrected chi connectivity index (χ1v) is 14.5. The standard InChI is InChI=1S/C27H33F2N11O4/c1-2-21(42)36-6-3-17(4-7-36)38-8-5-19(25(38)43)33-20(41)14-30-23-22-24(35-27(34-23)37-9-11-44-12-10-37)39(16-31-22)18-13-32-40(15-18)26(28)29/h2,13,15-17,19,26H,1,3-12,14H2,(H,33,41)(H,30,34,35). The summed E-state index contributed by atoms with van der Waals surface area (Å²) in [6, 6.07) is -0.621. The molecular weight excluding hydrogens is 580 g/mol. The van der Waals surface area contributed by atoms with Crippen LogP contribution < -0.4 is 15.5 Å². The van der Waals surface area contributed by atoms with Crippen LogP contribution in [0.3, 0.4) is 0 Å². The highest BCUT2D eigenvalue weighted by Gasteiger charge is 2.38. The van der Waals surface area contributed by atoms with E-state index in [2.05, 4.69) is 37.3 Å². The summed E-state index contributed by atoms with van der Waals surface area (Å²) in [4.78, 5) is 57.2. The lowest BCUT2D eigenvalue weighted by molar-refractivity contribution is -0.135. The van der Waals surface area contributed by atoms with Gasteiger partial charge in [-0.3, -0.25) is 19.0 Å². The fraction of sp³-hybridized carbons (Fsp3) is 0.519. The van der Waals surface area contributed by atoms with Crippen molar-refractivity contribution in [2.24, 2.45) is 0 Å². The molecule has 0 radical (unpaired) electrons. The van der Waals surface area contributed by atoms with Gasteiger partial charge in [-0.25, -0.2) is 9.67 Å². The molecule has 1 unspecified atom stereocenters. The van der Waals surface area contributed by atoms with E-state index in [1.807, 2.05) is 4.90 Å². The fourth-order valence-electron chi connectivity index (χ4n) is 5.80. The Kier molecular flexibility index (Phi) is 8.36. The summed E-state index contributed by atoms with van der Waals surface area (Å²) in [5.41, 5.74) is 1.02. The van der Waals surface area contributed by atoms with Crippen molar-refractivity contribution in [3.8, 4) is 5.69 Å². The Balaban J connectivity index is 1.14. The molecule has 0 bridgehead atoms. The number of amides is 3. The third-order valence-corrected chi connectivity index (χ3v) is 8.13. The molecule has 0 aromatic carbocycles. The normalized spacial score (nSPS) is 19.7. The van der Waals surface area contributed by atoms with Gasteiger partial charge in [-0.1, -0.05) is 6.58 Å². The molecule has 3 aromatic rings. The molecule has 15 nitrogen and oxygen atoms in total. The van der Waals surface area contributed by atoms with E-state index in [-0.39, 0.29) is 30.2 Å². The van der Waals surface area contributed by atoms with E-state index in [1.54, 1.807) is 9.80 Å². The average molecular weight is 614 g/mol. The summed E-state index contributed by atoms with van der Waals surface area (Å²) in [6.45, 7) is 4.28. The summed E-state index contributed by atoms with van der Waals surface area (Å²) in [5.74, 6) is 0.0189. The first-order valence-electron chi connectivity index (χ1n) is 14.5. The molecule has 3 aromatic heterocycles. The molecule has 1 atom stereocenters. The molecule has 3 aliphatic heterocycles. The van der Waals surface area contributed by atoms with Gasteiger partial charge in [-0.05, 0) is 25.3 Å². The van der Waals surface area contributed by atoms with Crippen molar-refractivity contribution in [3.63, 3.8) is 0 Å². The fourth-order valence-corrected chi connectivity index (χ4v) is 5.80. The van der Waals surface area contributed by atoms with E-state index in [4.69, 9.17) is 4.74 Å². The number of hydrogen-bond donors (Lipinski definition) is 2. The molecule has 6 heterocycles. The highest BCUT2D eigenvalue weighted by atomic mass is 19.3. The van der Waals surface area contributed by atoms with Gasteiger partial charge in [0.15, 0.2) is 17.0 Å². The van der Waals surface area contributed by atoms with Crippen molar-refractivity contribution in [1.82, 2.24) is 44.4 Å². The third kappa shape index (κ3) is 5.91. The van der Waals surface area contributed by atoms with Crippen LogP contribution in [0.4, 0.5) is 20.5 Å². The van der Waals surface area contributed by atoms with Crippen molar-refractivity contribution in [2.45, 2.75) is 37.9 Å². The van der Waals surface area contributed by atoms with E-state index < -0.39 is 18.5 Å². The number of hydrogen-bond acceptors (Lipinski definition) is 10. The second-order valence-corrected chi connectivity index (χ2v) is 10.8. The summed E-state index contributed by atoms with van der Waals surface area (Å²) < 4.78 is 33.8. The first kappa shape index (κ1) is 29.4. The number of imidazole rings is 1. The largest absolute Gasteiger partial charge is 0.378 e. The molecule has 3 fully saturated rings. The predicted molar refractivity (Wildman–Crippen MR) is 153 cm³/mol. The van der Waals surface area contributed by atoms with Gasteiger partial charge in [-0.15, -0.1) is 0 Å². The Morgan fingerprint density at radius 2 is 1.89 bits per heavy atom. The highest BCUT2D eigenvalue weighted by molar-refractivity contribution is 5.92. The number of halogens is 2. The Bertz CT molecular complexity index is 1550. The number of ether oxygens (including phenoxy) is 1. The lowest BCUT2D eigenvalue weighted by Gasteiger charge is -2.36. The molecule has 44 heavy (non-hydrogen) atoms. The first-order chi connectivity index (χ1) is 21.3. The number of piperidine rings is 1. The minimum absolute atomic E-state index is 0.0206. The van der Waals surface area contributed by atoms with Gasteiger partial charge in [0.2, 0.25) is 23.7 Å². The Morgan fingerprint density at radius 3 is 2.59 bits per heavy atom. The Labute approximate surface area is 250 Å². The maximum Gasteiger partial charge on any atom is 0.333 e. The van der Waals surface area contributed by atoms with Gasteiger partial charge in [0.1, 0.15) is 12.4 Å². The average Bonchev–Trinajstić information content (AvgIpc) is 3.79. The SMILES string of the molecule is C=CC(=O)N1CCC(N2CCC(NC(=O)CNc3nc(N4CCOCC4)nc4c3ncn4-c3cnn(C(F)F)c3)C2=O)CC1. The molecule has 0 spiro atoms. The van der Waals surface area contributed by atoms with Gasteiger partial charge in [0.05, 0.1) is 37.8 Å². The molecule has 3 saturated heterocycles. The maximum atomic E-state index is 13.2. The van der Waals surface area contributed by atoms with Gasteiger partial charge in [0.25, 0.3) is 0 Å². The van der Waals surface area contributed by atoms with E-state index in [0.29, 0.717) is 92.7 Å². The number of carbonyl (C=O) groups excluding carboxylic acids is 3. The summed E-state index contributed by atoms with van der Waals surface area (Å²) in [6.07, 6.45) is 7.06. The van der Waals surface area contributed by atoms with Crippen LogP contribution in [-0.2, 0) is 19.1 Å². The van der Waals surface area contributed by atoms with Crippen LogP contribution in [0, 0.1) is 0 Å². The molecule has 17 heteroatoms. The van der Waals surface area contributed by atoms with Gasteiger partial charge < -0.3 is 30.1 Å². The Morgan fingerprint density at radius 1 is 1.11 bits per heavy atom. The number of anilines is 2. The van der Waals surface area contributed by atoms with E-state index >= 15 is 0 Å². The number of likely N-dealkylation sites (tertiary alicyclic amines) is 2. The highest BCUT2D eigenvalue weighted by Crippen LogP contribution is 2.26. The number of fused-ring (bicyclic) bond motifs is 1. The van der Waals surface area contributed by atoms with Crippen LogP contribution in [0.25, 0.3) is 16.9 Å². The zero-order valence-corrected chi connectivity index (χ0v) is 23.9. The summed E-state index contributed by atoms with van der Waals surface area (Å²) in [5, 5.41) is 9.56. The smallest absolute Gasteiger partial charge is 0.333 e. The van der Waals surface area contributed by atoms with Crippen molar-refractivity contribution in [2.75, 3.05) is 62.7 Å². The van der Waals surface area contributed by atoms with Crippen LogP contribution in [0.15, 0.2) is 31.4 Å². The molecule has 0 saturated carbocycles. The molecule has 0 aliphatic carbocycles. The van der Waals surface area contributed by atoms with Crippen LogP contribution in [-0.4, -0.2) is 121 Å². The number of carbonyl (C=O) groups is 3. The van der Waals surface area contributed by atoms with Crippen molar-refractivity contribution in [1.29, 1.82) is 0 Å². The maximum absolute atomic E-state index is 13.2. The van der Waals surface area contributed by atoms with E-state index in [9.17, 15) is 23.2 Å². The molecule has 3 aliphatic rings. The van der Waals surface area contributed by atoms with E-state index in [0.717, 1.165) is 0 Å². The molecule has 3 amide bonds. The third-order valence-electron chi connectivity index (χ3n) is 8.13. The minimum atomic E-state index is -2.80. The lowest BCUT2D eigenvalue weighted by Crippen LogP contribution is -2.49. The number of alkyl halides is 2. The number of nitrogens with one attached hydrogen (secondary N) is 2. The number of nitrogens with zero attached hydrogens (tertiary/aromatic N) is 9. The van der Waals surface area contributed by atoms with Crippen LogP contribution >= 0.6 is 0 Å². The van der Waals surface area contributed by atoms with Crippen LogP contribution in [0.1, 0.15) is 25.8 Å². The van der Waals surface area contributed by atoms with Crippen molar-refractivity contribution < 1.29 is 27.9 Å². The number of aromatic nitrogens is 6. The van der Waals surface area contributed by atoms with Gasteiger partial charge in [-0.2, -0.15) is 23.8 Å².